The SMILES string of the molecule is [CH2]CCc1ccc(OCC(C)(F)F)c(C)c1. The van der Waals surface area contributed by atoms with Gasteiger partial charge >= 0.3 is 0 Å². The summed E-state index contributed by atoms with van der Waals surface area (Å²) in [5.41, 5.74) is 2.04. The first-order valence-corrected chi connectivity index (χ1v) is 5.32. The molecule has 89 valence electrons. The van der Waals surface area contributed by atoms with E-state index in [1.165, 1.54) is 0 Å². The summed E-state index contributed by atoms with van der Waals surface area (Å²) in [6.45, 7) is 5.89. The molecule has 16 heavy (non-hydrogen) atoms. The van der Waals surface area contributed by atoms with E-state index in [1.54, 1.807) is 6.07 Å². The summed E-state index contributed by atoms with van der Waals surface area (Å²) in [6, 6.07) is 5.59. The minimum atomic E-state index is -2.79. The second-order valence-corrected chi connectivity index (χ2v) is 4.06. The van der Waals surface area contributed by atoms with Gasteiger partial charge in [0.15, 0.2) is 6.61 Å². The highest BCUT2D eigenvalue weighted by molar-refractivity contribution is 5.36. The molecule has 1 radical (unpaired) electrons. The van der Waals surface area contributed by atoms with Gasteiger partial charge in [-0.15, -0.1) is 0 Å². The highest BCUT2D eigenvalue weighted by Crippen LogP contribution is 2.22. The van der Waals surface area contributed by atoms with Crippen molar-refractivity contribution in [2.45, 2.75) is 32.6 Å². The van der Waals surface area contributed by atoms with E-state index in [2.05, 4.69) is 6.92 Å². The van der Waals surface area contributed by atoms with E-state index in [-0.39, 0.29) is 0 Å². The lowest BCUT2D eigenvalue weighted by Gasteiger charge is -2.14. The summed E-state index contributed by atoms with van der Waals surface area (Å²) >= 11 is 0. The second-order valence-electron chi connectivity index (χ2n) is 4.06. The van der Waals surface area contributed by atoms with E-state index in [4.69, 9.17) is 4.74 Å². The normalized spacial score (nSPS) is 11.6. The fraction of sp³-hybridized carbons (Fsp3) is 0.462. The molecule has 0 aliphatic rings. The molecule has 1 rings (SSSR count). The molecule has 0 bridgehead atoms. The summed E-state index contributed by atoms with van der Waals surface area (Å²) in [6.07, 6.45) is 1.72. The van der Waals surface area contributed by atoms with E-state index in [9.17, 15) is 8.78 Å². The molecule has 0 saturated heterocycles. The molecular weight excluding hydrogens is 210 g/mol. The van der Waals surface area contributed by atoms with Crippen LogP contribution in [0.5, 0.6) is 5.75 Å². The Balaban J connectivity index is 2.68. The van der Waals surface area contributed by atoms with Crippen LogP contribution < -0.4 is 4.74 Å². The maximum absolute atomic E-state index is 12.6. The third-order valence-electron chi connectivity index (χ3n) is 2.19. The average molecular weight is 227 g/mol. The molecule has 0 N–H and O–H groups in total. The fourth-order valence-electron chi connectivity index (χ4n) is 1.44. The Hall–Kier alpha value is -1.12. The first-order valence-electron chi connectivity index (χ1n) is 5.32. The summed E-state index contributed by atoms with van der Waals surface area (Å²) in [4.78, 5) is 0. The molecule has 0 atom stereocenters. The third-order valence-corrected chi connectivity index (χ3v) is 2.19. The molecule has 0 aliphatic heterocycles. The van der Waals surface area contributed by atoms with Crippen LogP contribution in [-0.4, -0.2) is 12.5 Å². The van der Waals surface area contributed by atoms with Gasteiger partial charge in [0.2, 0.25) is 0 Å². The zero-order chi connectivity index (χ0) is 12.2. The zero-order valence-corrected chi connectivity index (χ0v) is 9.72. The van der Waals surface area contributed by atoms with E-state index in [1.807, 2.05) is 19.1 Å². The molecule has 3 heteroatoms. The molecule has 0 spiro atoms. The number of hydrogen-bond acceptors (Lipinski definition) is 1. The van der Waals surface area contributed by atoms with Crippen molar-refractivity contribution in [3.05, 3.63) is 36.2 Å². The van der Waals surface area contributed by atoms with Crippen LogP contribution in [0, 0.1) is 13.8 Å². The van der Waals surface area contributed by atoms with Gasteiger partial charge in [-0.2, -0.15) is 0 Å². The van der Waals surface area contributed by atoms with Crippen LogP contribution in [0.3, 0.4) is 0 Å². The summed E-state index contributed by atoms with van der Waals surface area (Å²) in [5.74, 6) is -2.27. The van der Waals surface area contributed by atoms with Crippen molar-refractivity contribution in [1.82, 2.24) is 0 Å². The van der Waals surface area contributed by atoms with E-state index >= 15 is 0 Å². The van der Waals surface area contributed by atoms with Crippen LogP contribution >= 0.6 is 0 Å². The van der Waals surface area contributed by atoms with Gasteiger partial charge in [-0.1, -0.05) is 19.1 Å². The van der Waals surface area contributed by atoms with Crippen LogP contribution in [0.4, 0.5) is 8.78 Å². The number of aryl methyl sites for hydroxylation is 2. The molecular formula is C13H17F2O. The number of rotatable bonds is 5. The quantitative estimate of drug-likeness (QED) is 0.743. The minimum absolute atomic E-state index is 0.523. The van der Waals surface area contributed by atoms with Gasteiger partial charge in [0.25, 0.3) is 5.92 Å². The van der Waals surface area contributed by atoms with Gasteiger partial charge in [0.05, 0.1) is 0 Å². The molecule has 0 saturated carbocycles. The van der Waals surface area contributed by atoms with Crippen molar-refractivity contribution in [2.24, 2.45) is 0 Å². The van der Waals surface area contributed by atoms with Crippen LogP contribution in [0.1, 0.15) is 24.5 Å². The topological polar surface area (TPSA) is 9.23 Å². The molecule has 1 nitrogen and oxygen atoms in total. The number of ether oxygens (including phenoxy) is 1. The standard InChI is InChI=1S/C13H17F2O/c1-4-5-11-6-7-12(10(2)8-11)16-9-13(3,14)15/h6-8H,1,4-5,9H2,2-3H3. The average Bonchev–Trinajstić information content (AvgIpc) is 2.15. The Morgan fingerprint density at radius 1 is 1.38 bits per heavy atom. The van der Waals surface area contributed by atoms with Crippen molar-refractivity contribution >= 4 is 0 Å². The Labute approximate surface area is 95.4 Å². The van der Waals surface area contributed by atoms with E-state index in [0.29, 0.717) is 5.75 Å². The van der Waals surface area contributed by atoms with Crippen molar-refractivity contribution in [3.63, 3.8) is 0 Å². The van der Waals surface area contributed by atoms with Gasteiger partial charge in [0, 0.05) is 6.92 Å². The Bertz CT molecular complexity index is 342. The lowest BCUT2D eigenvalue weighted by Crippen LogP contribution is -2.21. The van der Waals surface area contributed by atoms with Crippen molar-refractivity contribution in [3.8, 4) is 5.75 Å². The summed E-state index contributed by atoms with van der Waals surface area (Å²) in [5, 5.41) is 0. The van der Waals surface area contributed by atoms with Gasteiger partial charge in [-0.25, -0.2) is 8.78 Å². The predicted octanol–water partition coefficient (Wildman–Crippen LogP) is 3.80. The van der Waals surface area contributed by atoms with Crippen molar-refractivity contribution in [2.75, 3.05) is 6.61 Å². The molecule has 0 aromatic heterocycles. The number of alkyl halides is 2. The van der Waals surface area contributed by atoms with E-state index in [0.717, 1.165) is 30.9 Å². The Morgan fingerprint density at radius 2 is 2.06 bits per heavy atom. The number of halogens is 2. The fourth-order valence-corrected chi connectivity index (χ4v) is 1.44. The Kier molecular flexibility index (Phi) is 4.27. The first-order chi connectivity index (χ1) is 7.42. The van der Waals surface area contributed by atoms with Crippen molar-refractivity contribution < 1.29 is 13.5 Å². The molecule has 0 unspecified atom stereocenters. The van der Waals surface area contributed by atoms with Gasteiger partial charge in [-0.3, -0.25) is 0 Å². The van der Waals surface area contributed by atoms with Gasteiger partial charge in [0.1, 0.15) is 5.75 Å². The second kappa shape index (κ2) is 5.28. The summed E-state index contributed by atoms with van der Waals surface area (Å²) < 4.78 is 30.3. The lowest BCUT2D eigenvalue weighted by molar-refractivity contribution is -0.0231. The highest BCUT2D eigenvalue weighted by Gasteiger charge is 2.22. The molecule has 1 aromatic rings. The zero-order valence-electron chi connectivity index (χ0n) is 9.72. The van der Waals surface area contributed by atoms with Crippen LogP contribution in [0.25, 0.3) is 0 Å². The maximum Gasteiger partial charge on any atom is 0.278 e. The molecule has 0 fully saturated rings. The van der Waals surface area contributed by atoms with Crippen LogP contribution in [0.15, 0.2) is 18.2 Å². The lowest BCUT2D eigenvalue weighted by atomic mass is 10.1. The molecule has 0 amide bonds. The minimum Gasteiger partial charge on any atom is -0.487 e. The largest absolute Gasteiger partial charge is 0.487 e. The number of hydrogen-bond donors (Lipinski definition) is 0. The summed E-state index contributed by atoms with van der Waals surface area (Å²) in [7, 11) is 0. The first kappa shape index (κ1) is 12.9. The Morgan fingerprint density at radius 3 is 2.56 bits per heavy atom. The number of benzene rings is 1. The molecule has 1 aromatic carbocycles. The maximum atomic E-state index is 12.6. The van der Waals surface area contributed by atoms with Gasteiger partial charge in [-0.05, 0) is 37.0 Å². The van der Waals surface area contributed by atoms with Gasteiger partial charge < -0.3 is 4.74 Å². The molecule has 0 aliphatic carbocycles. The monoisotopic (exact) mass is 227 g/mol. The van der Waals surface area contributed by atoms with Crippen molar-refractivity contribution in [1.29, 1.82) is 0 Å². The highest BCUT2D eigenvalue weighted by atomic mass is 19.3. The molecule has 0 heterocycles. The third kappa shape index (κ3) is 4.17. The smallest absolute Gasteiger partial charge is 0.278 e. The van der Waals surface area contributed by atoms with Crippen LogP contribution in [0.2, 0.25) is 0 Å². The van der Waals surface area contributed by atoms with Crippen LogP contribution in [-0.2, 0) is 6.42 Å². The predicted molar refractivity (Wildman–Crippen MR) is 61.0 cm³/mol. The van der Waals surface area contributed by atoms with E-state index < -0.39 is 12.5 Å².